The minimum atomic E-state index is -3.69. The zero-order valence-corrected chi connectivity index (χ0v) is 46.5. The maximum absolute atomic E-state index is 14.2. The highest BCUT2D eigenvalue weighted by molar-refractivity contribution is 7.54. The van der Waals surface area contributed by atoms with Crippen LogP contribution >= 0.6 is 7.60 Å². The summed E-state index contributed by atoms with van der Waals surface area (Å²) in [6.45, 7) is 24.2. The number of nitrogens with one attached hydrogen (secondary N) is 3. The number of ether oxygens (including phenoxy) is 2. The van der Waals surface area contributed by atoms with Crippen LogP contribution in [-0.2, 0) is 38.8 Å². The highest BCUT2D eigenvalue weighted by atomic mass is 31.2. The van der Waals surface area contributed by atoms with E-state index < -0.39 is 63.6 Å². The molecule has 0 aliphatic carbocycles. The average molecular weight is 999 g/mol. The monoisotopic (exact) mass is 999 g/mol. The normalized spacial score (nSPS) is 13.1. The van der Waals surface area contributed by atoms with Crippen LogP contribution < -0.4 is 20.7 Å². The fraction of sp³-hybridized carbons (Fsp3) is 0.804. The van der Waals surface area contributed by atoms with Gasteiger partial charge in [0, 0.05) is 13.6 Å². The summed E-state index contributed by atoms with van der Waals surface area (Å²) < 4.78 is 42.3. The topological polar surface area (TPSA) is 191 Å². The Balaban J connectivity index is 3.38. The van der Waals surface area contributed by atoms with Gasteiger partial charge in [0.25, 0.3) is 5.91 Å². The second-order valence-corrected chi connectivity index (χ2v) is 27.6. The fourth-order valence-electron chi connectivity index (χ4n) is 8.79. The molecule has 0 unspecified atom stereocenters. The third kappa shape index (κ3) is 24.7. The van der Waals surface area contributed by atoms with Crippen LogP contribution in [0.4, 0.5) is 4.79 Å². The van der Waals surface area contributed by atoms with Crippen LogP contribution in [0, 0.1) is 0 Å². The summed E-state index contributed by atoms with van der Waals surface area (Å²) in [4.78, 5) is 54.3. The van der Waals surface area contributed by atoms with Crippen molar-refractivity contribution in [1.29, 1.82) is 0 Å². The molecule has 0 aliphatic rings. The molecule has 1 aromatic carbocycles. The molecule has 0 heterocycles. The van der Waals surface area contributed by atoms with Gasteiger partial charge in [0.15, 0.2) is 8.32 Å². The standard InChI is InChI=1S/C51H95N4O11PSi/c1-14-17-18-19-20-21-22-23-24-25-28-42-30-31-45(49(59)54-44(35-56)37-65-68(39(4)5,40(6)7)41(8)9)46(33-42)62-36-43(29-26-27-32-52-50(60)66-51(10,11)12)53-47(57)34-55(13)48(58)38-67(61,63-15-2)64-16-3/h30-31,33,39-41,43-44,56H,14-29,32,34-38H2,1-13H3,(H,52,60)(H,53,57)(H,54,59)/t43-,44+/m0/s1. The first-order valence-corrected chi connectivity index (χ1v) is 29.6. The van der Waals surface area contributed by atoms with Crippen molar-refractivity contribution in [3.05, 3.63) is 29.3 Å². The number of aliphatic hydroxyl groups is 1. The van der Waals surface area contributed by atoms with E-state index in [1.165, 1.54) is 63.3 Å². The van der Waals surface area contributed by atoms with Crippen molar-refractivity contribution in [3.63, 3.8) is 0 Å². The van der Waals surface area contributed by atoms with Gasteiger partial charge < -0.3 is 48.9 Å². The van der Waals surface area contributed by atoms with E-state index in [1.807, 2.05) is 12.1 Å². The molecule has 0 aliphatic heterocycles. The number of likely N-dealkylation sites (N-methyl/N-ethyl adjacent to an activating group) is 1. The largest absolute Gasteiger partial charge is 0.491 e. The molecule has 0 bridgehead atoms. The van der Waals surface area contributed by atoms with E-state index in [4.69, 9.17) is 22.9 Å². The number of hydrogen-bond donors (Lipinski definition) is 4. The Morgan fingerprint density at radius 1 is 0.765 bits per heavy atom. The molecule has 0 saturated heterocycles. The second kappa shape index (κ2) is 33.5. The van der Waals surface area contributed by atoms with Crippen molar-refractivity contribution in [2.45, 2.75) is 207 Å². The molecule has 0 spiro atoms. The van der Waals surface area contributed by atoms with E-state index in [1.54, 1.807) is 40.7 Å². The van der Waals surface area contributed by atoms with Gasteiger partial charge in [0.2, 0.25) is 11.8 Å². The molecule has 17 heteroatoms. The van der Waals surface area contributed by atoms with Gasteiger partial charge in [-0.1, -0.05) is 112 Å². The van der Waals surface area contributed by atoms with Crippen molar-refractivity contribution >= 4 is 39.7 Å². The van der Waals surface area contributed by atoms with E-state index in [9.17, 15) is 28.8 Å². The van der Waals surface area contributed by atoms with Crippen LogP contribution in [0.2, 0.25) is 16.6 Å². The zero-order chi connectivity index (χ0) is 51.3. The van der Waals surface area contributed by atoms with Gasteiger partial charge in [0.05, 0.1) is 50.6 Å². The second-order valence-electron chi connectivity index (χ2n) is 20.1. The number of rotatable bonds is 37. The molecule has 0 aromatic heterocycles. The molecule has 0 saturated carbocycles. The number of alkyl carbamates (subject to hydrolysis) is 1. The van der Waals surface area contributed by atoms with E-state index in [2.05, 4.69) is 64.4 Å². The van der Waals surface area contributed by atoms with Crippen LogP contribution in [0.25, 0.3) is 0 Å². The smallest absolute Gasteiger partial charge is 0.407 e. The highest BCUT2D eigenvalue weighted by Crippen LogP contribution is 2.48. The first kappa shape index (κ1) is 63.0. The van der Waals surface area contributed by atoms with E-state index in [0.717, 1.165) is 24.8 Å². The Morgan fingerprint density at radius 2 is 1.34 bits per heavy atom. The maximum Gasteiger partial charge on any atom is 0.407 e. The molecule has 0 radical (unpaired) electrons. The molecule has 4 amide bonds. The number of amides is 4. The summed E-state index contributed by atoms with van der Waals surface area (Å²) in [7, 11) is -4.53. The van der Waals surface area contributed by atoms with Crippen molar-refractivity contribution in [2.24, 2.45) is 0 Å². The lowest BCUT2D eigenvalue weighted by molar-refractivity contribution is -0.133. The molecule has 4 N–H and O–H groups in total. The molecule has 1 rings (SSSR count). The molecular weight excluding hydrogens is 904 g/mol. The van der Waals surface area contributed by atoms with Gasteiger partial charge in [-0.05, 0) is 101 Å². The first-order chi connectivity index (χ1) is 32.1. The van der Waals surface area contributed by atoms with Gasteiger partial charge >= 0.3 is 13.7 Å². The van der Waals surface area contributed by atoms with Gasteiger partial charge in [-0.15, -0.1) is 0 Å². The number of carbonyl (C=O) groups is 4. The average Bonchev–Trinajstić information content (AvgIpc) is 3.24. The number of aryl methyl sites for hydroxylation is 1. The number of hydrogen-bond acceptors (Lipinski definition) is 11. The van der Waals surface area contributed by atoms with Gasteiger partial charge in [0.1, 0.15) is 24.1 Å². The lowest BCUT2D eigenvalue weighted by Gasteiger charge is -2.43. The van der Waals surface area contributed by atoms with Gasteiger partial charge in [-0.25, -0.2) is 4.79 Å². The third-order valence-corrected chi connectivity index (χ3v) is 20.2. The van der Waals surface area contributed by atoms with Crippen LogP contribution in [0.3, 0.4) is 0 Å². The van der Waals surface area contributed by atoms with Crippen molar-refractivity contribution in [2.75, 3.05) is 59.3 Å². The molecule has 15 nitrogen and oxygen atoms in total. The minimum absolute atomic E-state index is 0.00735. The van der Waals surface area contributed by atoms with Crippen molar-refractivity contribution in [3.8, 4) is 5.75 Å². The van der Waals surface area contributed by atoms with Gasteiger partial charge in [-0.2, -0.15) is 0 Å². The van der Waals surface area contributed by atoms with Crippen LogP contribution in [0.1, 0.15) is 182 Å². The third-order valence-electron chi connectivity index (χ3n) is 12.1. The Labute approximate surface area is 412 Å². The van der Waals surface area contributed by atoms with Crippen LogP contribution in [0.15, 0.2) is 18.2 Å². The zero-order valence-electron chi connectivity index (χ0n) is 44.6. The SMILES string of the molecule is CCCCCCCCCCCCc1ccc(C(=O)N[C@H](CO)CO[Si](C(C)C)(C(C)C)C(C)C)c(OC[C@H](CCCCNC(=O)OC(C)(C)C)NC(=O)CN(C)C(=O)CP(=O)(OCC)OCC)c1. The van der Waals surface area contributed by atoms with Crippen molar-refractivity contribution < 1.29 is 51.8 Å². The summed E-state index contributed by atoms with van der Waals surface area (Å²) in [6, 6.07) is 4.40. The summed E-state index contributed by atoms with van der Waals surface area (Å²) >= 11 is 0. The predicted octanol–water partition coefficient (Wildman–Crippen LogP) is 10.7. The molecule has 0 fully saturated rings. The molecule has 2 atom stereocenters. The van der Waals surface area contributed by atoms with E-state index >= 15 is 0 Å². The quantitative estimate of drug-likeness (QED) is 0.0282. The lowest BCUT2D eigenvalue weighted by atomic mass is 10.0. The molecule has 394 valence electrons. The molecule has 1 aromatic rings. The van der Waals surface area contributed by atoms with Gasteiger partial charge in [-0.3, -0.25) is 18.9 Å². The number of unbranched alkanes of at least 4 members (excludes halogenated alkanes) is 10. The summed E-state index contributed by atoms with van der Waals surface area (Å²) in [5.74, 6) is -1.10. The number of nitrogens with zero attached hydrogens (tertiary/aromatic N) is 1. The summed E-state index contributed by atoms with van der Waals surface area (Å²) in [5.41, 5.74) is 1.66. The predicted molar refractivity (Wildman–Crippen MR) is 276 cm³/mol. The minimum Gasteiger partial charge on any atom is -0.491 e. The fourth-order valence-corrected chi connectivity index (χ4v) is 15.9. The van der Waals surface area contributed by atoms with Crippen LogP contribution in [0.5, 0.6) is 5.75 Å². The summed E-state index contributed by atoms with van der Waals surface area (Å²) in [5, 5.41) is 19.3. The Bertz CT molecular complexity index is 1630. The first-order valence-electron chi connectivity index (χ1n) is 25.8. The maximum atomic E-state index is 14.2. The summed E-state index contributed by atoms with van der Waals surface area (Å²) in [6.07, 6.45) is 13.6. The van der Waals surface area contributed by atoms with E-state index in [-0.39, 0.29) is 39.6 Å². The van der Waals surface area contributed by atoms with Crippen LogP contribution in [-0.4, -0.2) is 119 Å². The van der Waals surface area contributed by atoms with E-state index in [0.29, 0.717) is 53.7 Å². The lowest BCUT2D eigenvalue weighted by Crippen LogP contribution is -2.51. The number of carbonyl (C=O) groups excluding carboxylic acids is 4. The van der Waals surface area contributed by atoms with Crippen molar-refractivity contribution in [1.82, 2.24) is 20.9 Å². The highest BCUT2D eigenvalue weighted by Gasteiger charge is 2.45. The number of benzene rings is 1. The number of aliphatic hydroxyl groups excluding tert-OH is 1. The Hall–Kier alpha value is -3.01. The Kier molecular flexibility index (Phi) is 31.1. The molecule has 68 heavy (non-hydrogen) atoms. The Morgan fingerprint density at radius 3 is 1.87 bits per heavy atom. The molecular formula is C51H95N4O11PSi.